The summed E-state index contributed by atoms with van der Waals surface area (Å²) in [5.41, 5.74) is 74.5. The third kappa shape index (κ3) is 117. The third-order valence-electron chi connectivity index (χ3n) is 11.4. The molecule has 30 N–H and O–H groups in total. The Balaban J connectivity index is -0.000000137. The highest BCUT2D eigenvalue weighted by Crippen LogP contribution is 2.02. The molecule has 0 amide bonds. The summed E-state index contributed by atoms with van der Waals surface area (Å²) in [5.74, 6) is 0.536. The Hall–Kier alpha value is -4.20. The van der Waals surface area contributed by atoms with Crippen LogP contribution in [0.3, 0.4) is 0 Å². The van der Waals surface area contributed by atoms with Crippen molar-refractivity contribution in [2.45, 2.75) is 227 Å². The molecule has 0 saturated heterocycles. The molecule has 0 aliphatic carbocycles. The van der Waals surface area contributed by atoms with Gasteiger partial charge in [-0.3, -0.25) is 34.6 Å². The molecule has 87 heavy (non-hydrogen) atoms. The van der Waals surface area contributed by atoms with E-state index in [-0.39, 0.29) is 65.1 Å². The number of guanidine groups is 2. The summed E-state index contributed by atoms with van der Waals surface area (Å²) in [6, 6.07) is -1.29. The molecule has 0 spiro atoms. The molecule has 0 aromatic heterocycles. The summed E-state index contributed by atoms with van der Waals surface area (Å²) >= 11 is 0. The van der Waals surface area contributed by atoms with E-state index in [1.54, 1.807) is 6.92 Å². The summed E-state index contributed by atoms with van der Waals surface area (Å²) in [6.45, 7) is 25.8. The number of carbonyl (C=O) groups is 4. The molecule has 0 fully saturated rings. The number of aliphatic imine (C=N–C) groups is 2. The molecular formula is C60H138N18O9. The quantitative estimate of drug-likeness (QED) is 0.0236. The Morgan fingerprint density at radius 2 is 0.655 bits per heavy atom. The molecule has 27 heteroatoms. The molecule has 522 valence electrons. The number of ketones is 4. The average Bonchev–Trinajstić information content (AvgIpc) is 3.46. The highest BCUT2D eigenvalue weighted by molar-refractivity contribution is 5.82. The van der Waals surface area contributed by atoms with Crippen LogP contribution in [0.5, 0.6) is 0 Å². The fourth-order valence-electron chi connectivity index (χ4n) is 5.85. The maximum atomic E-state index is 10.7. The van der Waals surface area contributed by atoms with Gasteiger partial charge in [0.2, 0.25) is 0 Å². The van der Waals surface area contributed by atoms with Crippen LogP contribution >= 0.6 is 0 Å². The number of amidine groups is 1. The predicted octanol–water partition coefficient (Wildman–Crippen LogP) is 2.99. The summed E-state index contributed by atoms with van der Waals surface area (Å²) in [6.07, 6.45) is 22.4. The smallest absolute Gasteiger partial charge is 0.185 e. The zero-order valence-corrected chi connectivity index (χ0v) is 56.2. The molecule has 27 nitrogen and oxygen atoms in total. The first-order valence-corrected chi connectivity index (χ1v) is 31.7. The van der Waals surface area contributed by atoms with Gasteiger partial charge >= 0.3 is 0 Å². The number of hydrogen-bond acceptors (Lipinski definition) is 22. The van der Waals surface area contributed by atoms with Crippen LogP contribution in [-0.2, 0) is 42.9 Å². The molecule has 0 radical (unpaired) electrons. The molecule has 0 bridgehead atoms. The Bertz CT molecular complexity index is 1430. The number of nitrogens with two attached hydrogens (primary N) is 14. The van der Waals surface area contributed by atoms with Crippen LogP contribution in [0.15, 0.2) is 9.98 Å². The molecule has 0 heterocycles. The van der Waals surface area contributed by atoms with Gasteiger partial charge in [0.1, 0.15) is 23.1 Å². The van der Waals surface area contributed by atoms with Crippen LogP contribution < -0.4 is 80.3 Å². The van der Waals surface area contributed by atoms with E-state index in [0.29, 0.717) is 110 Å². The van der Waals surface area contributed by atoms with E-state index in [0.717, 1.165) is 116 Å². The van der Waals surface area contributed by atoms with Crippen LogP contribution in [0.25, 0.3) is 0 Å². The Kier molecular flexibility index (Phi) is 97.9. The number of rotatable bonds is 49. The van der Waals surface area contributed by atoms with Gasteiger partial charge in [0.15, 0.2) is 11.9 Å². The lowest BCUT2D eigenvalue weighted by molar-refractivity contribution is -0.119. The molecular weight excluding hydrogens is 1120 g/mol. The van der Waals surface area contributed by atoms with Crippen LogP contribution in [0.1, 0.15) is 203 Å². The Labute approximate surface area is 527 Å². The van der Waals surface area contributed by atoms with Crippen molar-refractivity contribution in [1.82, 2.24) is 0 Å². The second-order valence-electron chi connectivity index (χ2n) is 20.4. The molecule has 0 aliphatic rings. The lowest BCUT2D eigenvalue weighted by Crippen LogP contribution is -2.28. The number of unbranched alkanes of at least 4 members (excludes halogenated alkanes) is 8. The molecule has 0 rings (SSSR count). The van der Waals surface area contributed by atoms with Gasteiger partial charge < -0.3 is 109 Å². The van der Waals surface area contributed by atoms with Gasteiger partial charge in [-0.25, -0.2) is 0 Å². The predicted molar refractivity (Wildman–Crippen MR) is 364 cm³/mol. The fourth-order valence-corrected chi connectivity index (χ4v) is 5.85. The van der Waals surface area contributed by atoms with Crippen molar-refractivity contribution in [2.75, 3.05) is 112 Å². The highest BCUT2D eigenvalue weighted by atomic mass is 16.5. The first-order chi connectivity index (χ1) is 41.3. The lowest BCUT2D eigenvalue weighted by atomic mass is 10.1. The summed E-state index contributed by atoms with van der Waals surface area (Å²) in [5, 5.41) is 14.0. The van der Waals surface area contributed by atoms with E-state index in [1.165, 1.54) is 66.2 Å². The molecule has 0 aliphatic heterocycles. The van der Waals surface area contributed by atoms with Crippen molar-refractivity contribution in [3.63, 3.8) is 0 Å². The number of ether oxygens (including phenoxy) is 5. The zero-order valence-electron chi connectivity index (χ0n) is 56.2. The topological polar surface area (TPSA) is 551 Å². The third-order valence-corrected chi connectivity index (χ3v) is 11.4. The summed E-state index contributed by atoms with van der Waals surface area (Å²) < 4.78 is 26.2. The van der Waals surface area contributed by atoms with Gasteiger partial charge in [-0.05, 0) is 157 Å². The second-order valence-corrected chi connectivity index (χ2v) is 20.4. The van der Waals surface area contributed by atoms with Crippen molar-refractivity contribution in [3.8, 4) is 0 Å². The SMILES string of the molecule is CC(=N)CCCCC(=N)N.CC(=O)[C@@H](N)CCCCN.CC(=O)[C@@H](N)CCCN=C(N)N.CC(=O)[C@H](N)CCCCN.CC(=O)[C@H](N)CCCN=C(N)N.CCCCCCCN.CCCCOCCOCCOCCCN.CCCOCCOCCN. The van der Waals surface area contributed by atoms with Crippen LogP contribution in [0.4, 0.5) is 0 Å². The summed E-state index contributed by atoms with van der Waals surface area (Å²) in [4.78, 5) is 50.0. The van der Waals surface area contributed by atoms with E-state index in [9.17, 15) is 19.2 Å². The average molecular weight is 1260 g/mol. The number of hydrogen-bond donors (Lipinski definition) is 16. The Morgan fingerprint density at radius 3 is 0.966 bits per heavy atom. The van der Waals surface area contributed by atoms with Crippen LogP contribution in [0.2, 0.25) is 0 Å². The fraction of sp³-hybridized carbons (Fsp3) is 0.867. The normalized spacial score (nSPS) is 11.4. The molecule has 0 aromatic carbocycles. The number of nitrogens with zero attached hydrogens (tertiary/aromatic N) is 2. The Morgan fingerprint density at radius 1 is 0.345 bits per heavy atom. The van der Waals surface area contributed by atoms with E-state index in [1.807, 2.05) is 0 Å². The van der Waals surface area contributed by atoms with E-state index >= 15 is 0 Å². The first kappa shape index (κ1) is 99.0. The van der Waals surface area contributed by atoms with Gasteiger partial charge in [-0.1, -0.05) is 65.7 Å². The van der Waals surface area contributed by atoms with Crippen LogP contribution in [-0.4, -0.2) is 183 Å². The van der Waals surface area contributed by atoms with Crippen molar-refractivity contribution < 1.29 is 42.9 Å². The van der Waals surface area contributed by atoms with E-state index < -0.39 is 0 Å². The second kappa shape index (κ2) is 86.0. The van der Waals surface area contributed by atoms with Gasteiger partial charge in [0.05, 0.1) is 76.3 Å². The van der Waals surface area contributed by atoms with E-state index in [4.69, 9.17) is 115 Å². The standard InChI is InChI=1S/C11H25NO3.2C7H16N4O.C7H15N3.2C7H16N2O.C7H17NO2.C7H17N/c1-2-3-6-13-8-10-15-11-9-14-7-4-5-12;2*1-5(12)6(8)3-2-4-11-7(9)10;1-6(8)4-2-3-5-7(9)10;2*1-6(10)7(9)4-2-3-5-8;1-2-4-9-6-7-10-5-3-8;1-2-3-4-5-6-7-8/h2-12H2,1H3;2*6H,2-4,8H2,1H3,(H4,9,10,11);8H,2-5H2,1H3,(H3,9,10);2*7H,2-5,8-9H2,1H3;2-8H2,1H3;2-8H2,1H3/t;2*6-;;2*7-;;/m.10.10../s1. The molecule has 0 aromatic rings. The van der Waals surface area contributed by atoms with Gasteiger partial charge in [-0.15, -0.1) is 0 Å². The van der Waals surface area contributed by atoms with E-state index in [2.05, 4.69) is 30.8 Å². The first-order valence-electron chi connectivity index (χ1n) is 31.7. The monoisotopic (exact) mass is 1260 g/mol. The van der Waals surface area contributed by atoms with Gasteiger partial charge in [0.25, 0.3) is 0 Å². The number of nitrogens with one attached hydrogen (secondary N) is 2. The number of Topliss-reactive ketones (excluding diaryl/α,β-unsaturated/α-hetero) is 4. The number of carbonyl (C=O) groups excluding carboxylic acids is 4. The van der Waals surface area contributed by atoms with Crippen molar-refractivity contribution in [1.29, 1.82) is 10.8 Å². The molecule has 0 unspecified atom stereocenters. The zero-order chi connectivity index (χ0) is 68.2. The minimum absolute atomic E-state index is 0.000278. The van der Waals surface area contributed by atoms with Gasteiger partial charge in [0, 0.05) is 51.6 Å². The summed E-state index contributed by atoms with van der Waals surface area (Å²) in [7, 11) is 0. The largest absolute Gasteiger partial charge is 0.388 e. The highest BCUT2D eigenvalue weighted by Gasteiger charge is 2.08. The maximum absolute atomic E-state index is 10.7. The van der Waals surface area contributed by atoms with Crippen molar-refractivity contribution in [2.24, 2.45) is 90.3 Å². The van der Waals surface area contributed by atoms with Gasteiger partial charge in [-0.2, -0.15) is 0 Å². The molecule has 0 saturated carbocycles. The minimum Gasteiger partial charge on any atom is -0.388 e. The minimum atomic E-state index is -0.376. The van der Waals surface area contributed by atoms with Crippen molar-refractivity contribution >= 4 is 46.6 Å². The van der Waals surface area contributed by atoms with Crippen LogP contribution in [0, 0.1) is 10.8 Å². The molecule has 4 atom stereocenters. The van der Waals surface area contributed by atoms with Crippen molar-refractivity contribution in [3.05, 3.63) is 0 Å². The lowest BCUT2D eigenvalue weighted by Gasteiger charge is -2.06. The maximum Gasteiger partial charge on any atom is 0.185 e.